The third kappa shape index (κ3) is 4.95. The number of carbonyl (C=O) groups excluding carboxylic acids is 2. The first-order valence-corrected chi connectivity index (χ1v) is 9.02. The number of carbonyl (C=O) groups is 2. The average molecular weight is 339 g/mol. The summed E-state index contributed by atoms with van der Waals surface area (Å²) < 4.78 is 26.0. The minimum absolute atomic E-state index is 0.000562. The topological polar surface area (TPSA) is 95.6 Å². The Morgan fingerprint density at radius 2 is 1.70 bits per heavy atom. The van der Waals surface area contributed by atoms with E-state index in [1.807, 2.05) is 11.6 Å². The molecule has 3 amide bonds. The van der Waals surface area contributed by atoms with E-state index >= 15 is 0 Å². The number of rotatable bonds is 4. The van der Waals surface area contributed by atoms with Crippen molar-refractivity contribution < 1.29 is 18.0 Å². The van der Waals surface area contributed by atoms with Gasteiger partial charge in [0.05, 0.1) is 11.4 Å². The van der Waals surface area contributed by atoms with Crippen molar-refractivity contribution in [1.82, 2.24) is 14.9 Å². The van der Waals surface area contributed by atoms with E-state index in [4.69, 9.17) is 0 Å². The number of likely N-dealkylation sites (tertiary alicyclic amines) is 1. The summed E-state index contributed by atoms with van der Waals surface area (Å²) in [5, 5.41) is 2.30. The summed E-state index contributed by atoms with van der Waals surface area (Å²) >= 11 is 0. The number of urea groups is 1. The van der Waals surface area contributed by atoms with Gasteiger partial charge in [0.15, 0.2) is 0 Å². The molecule has 2 rings (SSSR count). The van der Waals surface area contributed by atoms with Crippen molar-refractivity contribution >= 4 is 22.0 Å². The SMILES string of the molecule is Cc1ccc(S(=O)(=O)NC(=O)NCC(=O)N2CCCCC2)cc1. The molecule has 0 aliphatic carbocycles. The highest BCUT2D eigenvalue weighted by Gasteiger charge is 2.20. The third-order valence-electron chi connectivity index (χ3n) is 3.67. The van der Waals surface area contributed by atoms with Crippen molar-refractivity contribution in [2.24, 2.45) is 0 Å². The molecule has 0 spiro atoms. The van der Waals surface area contributed by atoms with Crippen LogP contribution in [0.5, 0.6) is 0 Å². The zero-order valence-electron chi connectivity index (χ0n) is 13.0. The van der Waals surface area contributed by atoms with Crippen LogP contribution in [0.2, 0.25) is 0 Å². The monoisotopic (exact) mass is 339 g/mol. The number of amides is 3. The first-order valence-electron chi connectivity index (χ1n) is 7.53. The summed E-state index contributed by atoms with van der Waals surface area (Å²) in [6, 6.07) is 5.22. The molecule has 1 aromatic rings. The lowest BCUT2D eigenvalue weighted by atomic mass is 10.1. The van der Waals surface area contributed by atoms with Crippen LogP contribution in [0.3, 0.4) is 0 Å². The number of sulfonamides is 1. The Morgan fingerprint density at radius 3 is 2.30 bits per heavy atom. The molecule has 0 bridgehead atoms. The highest BCUT2D eigenvalue weighted by molar-refractivity contribution is 7.90. The van der Waals surface area contributed by atoms with Crippen LogP contribution in [0.1, 0.15) is 24.8 Å². The zero-order valence-corrected chi connectivity index (χ0v) is 13.9. The van der Waals surface area contributed by atoms with Crippen molar-refractivity contribution in [3.8, 4) is 0 Å². The molecule has 1 aliphatic heterocycles. The van der Waals surface area contributed by atoms with Gasteiger partial charge in [0.25, 0.3) is 10.0 Å². The predicted molar refractivity (Wildman–Crippen MR) is 85.3 cm³/mol. The number of piperidine rings is 1. The third-order valence-corrected chi connectivity index (χ3v) is 5.01. The molecule has 0 aromatic heterocycles. The standard InChI is InChI=1S/C15H21N3O4S/c1-12-5-7-13(8-6-12)23(21,22)17-15(20)16-11-14(19)18-9-3-2-4-10-18/h5-8H,2-4,9-11H2,1H3,(H2,16,17,20). The van der Waals surface area contributed by atoms with E-state index in [0.717, 1.165) is 24.8 Å². The van der Waals surface area contributed by atoms with E-state index in [2.05, 4.69) is 5.32 Å². The Kier molecular flexibility index (Phi) is 5.59. The number of nitrogens with one attached hydrogen (secondary N) is 2. The van der Waals surface area contributed by atoms with Crippen LogP contribution in [-0.2, 0) is 14.8 Å². The molecule has 1 fully saturated rings. The molecule has 0 radical (unpaired) electrons. The summed E-state index contributed by atoms with van der Waals surface area (Å²) in [5.41, 5.74) is 0.917. The number of nitrogens with zero attached hydrogens (tertiary/aromatic N) is 1. The minimum Gasteiger partial charge on any atom is -0.341 e. The van der Waals surface area contributed by atoms with Gasteiger partial charge < -0.3 is 10.2 Å². The number of aryl methyl sites for hydroxylation is 1. The largest absolute Gasteiger partial charge is 0.341 e. The van der Waals surface area contributed by atoms with Gasteiger partial charge in [-0.15, -0.1) is 0 Å². The van der Waals surface area contributed by atoms with Gasteiger partial charge in [-0.05, 0) is 38.3 Å². The molecule has 1 heterocycles. The molecule has 7 nitrogen and oxygen atoms in total. The smallest absolute Gasteiger partial charge is 0.329 e. The maximum Gasteiger partial charge on any atom is 0.329 e. The van der Waals surface area contributed by atoms with Gasteiger partial charge in [0.2, 0.25) is 5.91 Å². The van der Waals surface area contributed by atoms with Gasteiger partial charge in [0, 0.05) is 13.1 Å². The Morgan fingerprint density at radius 1 is 1.09 bits per heavy atom. The van der Waals surface area contributed by atoms with Crippen molar-refractivity contribution in [1.29, 1.82) is 0 Å². The molecule has 0 atom stereocenters. The summed E-state index contributed by atoms with van der Waals surface area (Å²) in [4.78, 5) is 25.3. The number of benzene rings is 1. The Balaban J connectivity index is 1.86. The fourth-order valence-corrected chi connectivity index (χ4v) is 3.27. The van der Waals surface area contributed by atoms with E-state index in [1.165, 1.54) is 12.1 Å². The molecule has 1 aliphatic rings. The van der Waals surface area contributed by atoms with Crippen molar-refractivity contribution in [3.05, 3.63) is 29.8 Å². The molecule has 0 saturated carbocycles. The van der Waals surface area contributed by atoms with E-state index in [-0.39, 0.29) is 17.3 Å². The molecule has 8 heteroatoms. The maximum absolute atomic E-state index is 12.0. The van der Waals surface area contributed by atoms with Crippen LogP contribution in [-0.4, -0.2) is 44.9 Å². The summed E-state index contributed by atoms with van der Waals surface area (Å²) in [7, 11) is -3.94. The Labute approximate surface area is 136 Å². The van der Waals surface area contributed by atoms with Gasteiger partial charge in [-0.25, -0.2) is 17.9 Å². The second kappa shape index (κ2) is 7.45. The summed E-state index contributed by atoms with van der Waals surface area (Å²) in [6.45, 7) is 2.99. The van der Waals surface area contributed by atoms with Gasteiger partial charge in [-0.3, -0.25) is 4.79 Å². The molecular weight excluding hydrogens is 318 g/mol. The van der Waals surface area contributed by atoms with E-state index in [0.29, 0.717) is 13.1 Å². The zero-order chi connectivity index (χ0) is 16.9. The second-order valence-corrected chi connectivity index (χ2v) is 7.23. The van der Waals surface area contributed by atoms with E-state index < -0.39 is 16.1 Å². The lowest BCUT2D eigenvalue weighted by molar-refractivity contribution is -0.130. The fraction of sp³-hybridized carbons (Fsp3) is 0.467. The van der Waals surface area contributed by atoms with E-state index in [1.54, 1.807) is 17.0 Å². The highest BCUT2D eigenvalue weighted by atomic mass is 32.2. The Bertz CT molecular complexity index is 664. The normalized spacial score (nSPS) is 15.1. The number of hydrogen-bond acceptors (Lipinski definition) is 4. The molecule has 1 aromatic carbocycles. The van der Waals surface area contributed by atoms with Gasteiger partial charge in [0.1, 0.15) is 0 Å². The molecule has 1 saturated heterocycles. The van der Waals surface area contributed by atoms with E-state index in [9.17, 15) is 18.0 Å². The van der Waals surface area contributed by atoms with Crippen molar-refractivity contribution in [2.75, 3.05) is 19.6 Å². The predicted octanol–water partition coefficient (Wildman–Crippen LogP) is 0.995. The van der Waals surface area contributed by atoms with Crippen LogP contribution in [0.25, 0.3) is 0 Å². The molecule has 126 valence electrons. The van der Waals surface area contributed by atoms with Gasteiger partial charge in [-0.2, -0.15) is 0 Å². The molecule has 2 N–H and O–H groups in total. The molecular formula is C15H21N3O4S. The van der Waals surface area contributed by atoms with Crippen LogP contribution in [0.4, 0.5) is 4.79 Å². The van der Waals surface area contributed by atoms with Crippen LogP contribution < -0.4 is 10.0 Å². The maximum atomic E-state index is 12.0. The lowest BCUT2D eigenvalue weighted by Gasteiger charge is -2.26. The van der Waals surface area contributed by atoms with Crippen LogP contribution in [0.15, 0.2) is 29.2 Å². The number of hydrogen-bond donors (Lipinski definition) is 2. The summed E-state index contributed by atoms with van der Waals surface area (Å²) in [6.07, 6.45) is 3.02. The average Bonchev–Trinajstić information content (AvgIpc) is 2.53. The van der Waals surface area contributed by atoms with Crippen molar-refractivity contribution in [2.45, 2.75) is 31.1 Å². The Hall–Kier alpha value is -2.09. The molecule has 0 unspecified atom stereocenters. The van der Waals surface area contributed by atoms with Crippen LogP contribution in [0, 0.1) is 6.92 Å². The van der Waals surface area contributed by atoms with Crippen LogP contribution >= 0.6 is 0 Å². The highest BCUT2D eigenvalue weighted by Crippen LogP contribution is 2.10. The first-order chi connectivity index (χ1) is 10.9. The second-order valence-electron chi connectivity index (χ2n) is 5.54. The fourth-order valence-electron chi connectivity index (χ4n) is 2.35. The van der Waals surface area contributed by atoms with Gasteiger partial charge >= 0.3 is 6.03 Å². The quantitative estimate of drug-likeness (QED) is 0.855. The lowest BCUT2D eigenvalue weighted by Crippen LogP contribution is -2.46. The first kappa shape index (κ1) is 17.3. The van der Waals surface area contributed by atoms with Gasteiger partial charge in [-0.1, -0.05) is 17.7 Å². The summed E-state index contributed by atoms with van der Waals surface area (Å²) in [5.74, 6) is -0.201. The minimum atomic E-state index is -3.94. The van der Waals surface area contributed by atoms with Crippen molar-refractivity contribution in [3.63, 3.8) is 0 Å². The molecule has 23 heavy (non-hydrogen) atoms.